The molecular weight excluding hydrogens is 326 g/mol. The Kier molecular flexibility index (Phi) is 4.59. The molecule has 2 aromatic rings. The fourth-order valence-electron chi connectivity index (χ4n) is 2.45. The molecule has 0 unspecified atom stereocenters. The lowest BCUT2D eigenvalue weighted by atomic mass is 10.3. The molecule has 0 atom stereocenters. The van der Waals surface area contributed by atoms with Crippen molar-refractivity contribution >= 4 is 29.5 Å². The number of carbonyl (C=O) groups is 2. The average molecular weight is 343 g/mol. The van der Waals surface area contributed by atoms with Crippen molar-refractivity contribution in [2.45, 2.75) is 0 Å². The number of hydrogen-bond donors (Lipinski definition) is 3. The number of carbonyl (C=O) groups excluding carboxylic acids is 1. The van der Waals surface area contributed by atoms with Crippen LogP contribution in [0.1, 0.15) is 10.5 Å². The summed E-state index contributed by atoms with van der Waals surface area (Å²) in [6, 6.07) is 5.13. The molecule has 25 heavy (non-hydrogen) atoms. The van der Waals surface area contributed by atoms with Crippen LogP contribution in [-0.2, 0) is 0 Å². The zero-order valence-corrected chi connectivity index (χ0v) is 13.3. The van der Waals surface area contributed by atoms with Crippen LogP contribution in [0.4, 0.5) is 22.2 Å². The molecule has 0 aromatic carbocycles. The summed E-state index contributed by atoms with van der Waals surface area (Å²) in [4.78, 5) is 38.9. The largest absolute Gasteiger partial charge is 0.465 e. The first-order valence-electron chi connectivity index (χ1n) is 7.62. The van der Waals surface area contributed by atoms with Gasteiger partial charge < -0.3 is 26.0 Å². The van der Waals surface area contributed by atoms with Crippen LogP contribution in [-0.4, -0.2) is 63.1 Å². The number of aromatic nitrogens is 3. The van der Waals surface area contributed by atoms with Crippen LogP contribution in [0.25, 0.3) is 0 Å². The predicted octanol–water partition coefficient (Wildman–Crippen LogP) is 0.506. The van der Waals surface area contributed by atoms with Gasteiger partial charge in [-0.25, -0.2) is 19.7 Å². The van der Waals surface area contributed by atoms with E-state index >= 15 is 0 Å². The number of hydrogen-bond acceptors (Lipinski definition) is 7. The van der Waals surface area contributed by atoms with Crippen LogP contribution in [0.2, 0.25) is 0 Å². The highest BCUT2D eigenvalue weighted by Crippen LogP contribution is 2.17. The van der Waals surface area contributed by atoms with E-state index in [9.17, 15) is 9.59 Å². The number of nitrogens with two attached hydrogens (primary N) is 1. The number of nitrogens with zero attached hydrogens (tertiary/aromatic N) is 5. The zero-order valence-electron chi connectivity index (χ0n) is 13.3. The van der Waals surface area contributed by atoms with E-state index in [-0.39, 0.29) is 11.5 Å². The number of amides is 2. The second-order valence-corrected chi connectivity index (χ2v) is 5.39. The molecule has 10 nitrogen and oxygen atoms in total. The van der Waals surface area contributed by atoms with Gasteiger partial charge in [-0.1, -0.05) is 6.07 Å². The van der Waals surface area contributed by atoms with Gasteiger partial charge in [0.05, 0.1) is 6.20 Å². The number of rotatable bonds is 3. The summed E-state index contributed by atoms with van der Waals surface area (Å²) in [5, 5.41) is 11.6. The minimum atomic E-state index is -0.946. The molecule has 3 heterocycles. The smallest absolute Gasteiger partial charge is 0.407 e. The number of anilines is 3. The van der Waals surface area contributed by atoms with Gasteiger partial charge in [-0.2, -0.15) is 0 Å². The molecule has 0 bridgehead atoms. The molecule has 1 fully saturated rings. The molecule has 0 radical (unpaired) electrons. The molecule has 2 amide bonds. The summed E-state index contributed by atoms with van der Waals surface area (Å²) in [6.07, 6.45) is 2.09. The van der Waals surface area contributed by atoms with Crippen LogP contribution in [0.5, 0.6) is 0 Å². The van der Waals surface area contributed by atoms with Gasteiger partial charge in [0.1, 0.15) is 11.6 Å². The van der Waals surface area contributed by atoms with Crippen molar-refractivity contribution < 1.29 is 14.7 Å². The van der Waals surface area contributed by atoms with Gasteiger partial charge in [0.25, 0.3) is 5.91 Å². The number of pyridine rings is 1. The summed E-state index contributed by atoms with van der Waals surface area (Å²) < 4.78 is 0. The minimum absolute atomic E-state index is 0.00353. The zero-order chi connectivity index (χ0) is 17.8. The number of carboxylic acid groups (broad SMARTS) is 1. The summed E-state index contributed by atoms with van der Waals surface area (Å²) in [6.45, 7) is 1.64. The van der Waals surface area contributed by atoms with Gasteiger partial charge >= 0.3 is 6.09 Å². The van der Waals surface area contributed by atoms with E-state index in [1.165, 1.54) is 11.1 Å². The molecule has 2 aromatic heterocycles. The molecule has 0 spiro atoms. The molecule has 3 rings (SSSR count). The summed E-state index contributed by atoms with van der Waals surface area (Å²) in [7, 11) is 0. The topological polar surface area (TPSA) is 138 Å². The first-order valence-corrected chi connectivity index (χ1v) is 7.62. The van der Waals surface area contributed by atoms with Crippen molar-refractivity contribution in [2.75, 3.05) is 42.1 Å². The van der Waals surface area contributed by atoms with E-state index in [4.69, 9.17) is 10.8 Å². The maximum Gasteiger partial charge on any atom is 0.407 e. The van der Waals surface area contributed by atoms with E-state index < -0.39 is 12.0 Å². The molecule has 4 N–H and O–H groups in total. The average Bonchev–Trinajstić information content (AvgIpc) is 2.63. The Morgan fingerprint density at radius 2 is 1.92 bits per heavy atom. The van der Waals surface area contributed by atoms with Crippen LogP contribution < -0.4 is 16.0 Å². The Balaban J connectivity index is 1.74. The Hall–Kier alpha value is -3.43. The van der Waals surface area contributed by atoms with E-state index in [1.54, 1.807) is 24.4 Å². The van der Waals surface area contributed by atoms with Crippen LogP contribution >= 0.6 is 0 Å². The Morgan fingerprint density at radius 3 is 2.56 bits per heavy atom. The maximum atomic E-state index is 12.4. The van der Waals surface area contributed by atoms with Crippen molar-refractivity contribution in [3.63, 3.8) is 0 Å². The third-order valence-electron chi connectivity index (χ3n) is 3.78. The van der Waals surface area contributed by atoms with Crippen molar-refractivity contribution in [3.8, 4) is 0 Å². The molecule has 0 saturated carbocycles. The third-order valence-corrected chi connectivity index (χ3v) is 3.78. The van der Waals surface area contributed by atoms with Crippen molar-refractivity contribution in [3.05, 3.63) is 36.3 Å². The van der Waals surface area contributed by atoms with Crippen LogP contribution in [0.15, 0.2) is 30.6 Å². The summed E-state index contributed by atoms with van der Waals surface area (Å²) >= 11 is 0. The van der Waals surface area contributed by atoms with Crippen LogP contribution in [0, 0.1) is 0 Å². The Labute approximate surface area is 143 Å². The molecule has 1 aliphatic rings. The number of nitrogen functional groups attached to an aromatic ring is 1. The lowest BCUT2D eigenvalue weighted by Crippen LogP contribution is -2.48. The molecule has 0 aliphatic carbocycles. The normalized spacial score (nSPS) is 14.2. The number of nitrogens with one attached hydrogen (secondary N) is 1. The Bertz CT molecular complexity index is 776. The SMILES string of the molecule is Nc1ncc(N2CCN(C(=O)O)CC2)nc1C(=O)Nc1ccccn1. The predicted molar refractivity (Wildman–Crippen MR) is 90.4 cm³/mol. The molecule has 1 aliphatic heterocycles. The standard InChI is InChI=1S/C15H17N7O3/c16-13-12(14(23)19-10-3-1-2-4-17-10)20-11(9-18-13)21-5-7-22(8-6-21)15(24)25/h1-4,9H,5-8H2,(H2,16,18)(H,24,25)(H,17,19,23). The van der Waals surface area contributed by atoms with Crippen molar-refractivity contribution in [2.24, 2.45) is 0 Å². The molecule has 10 heteroatoms. The van der Waals surface area contributed by atoms with Gasteiger partial charge in [0.2, 0.25) is 0 Å². The van der Waals surface area contributed by atoms with Gasteiger partial charge in [-0.05, 0) is 12.1 Å². The van der Waals surface area contributed by atoms with E-state index in [2.05, 4.69) is 20.3 Å². The number of piperazine rings is 1. The van der Waals surface area contributed by atoms with E-state index in [0.29, 0.717) is 37.8 Å². The molecule has 1 saturated heterocycles. The Morgan fingerprint density at radius 1 is 1.16 bits per heavy atom. The van der Waals surface area contributed by atoms with Gasteiger partial charge in [0.15, 0.2) is 11.5 Å². The summed E-state index contributed by atoms with van der Waals surface area (Å²) in [5.74, 6) is 0.371. The maximum absolute atomic E-state index is 12.4. The molecular formula is C15H17N7O3. The van der Waals surface area contributed by atoms with Gasteiger partial charge in [-0.15, -0.1) is 0 Å². The first kappa shape index (κ1) is 16.4. The molecule has 130 valence electrons. The fraction of sp³-hybridized carbons (Fsp3) is 0.267. The monoisotopic (exact) mass is 343 g/mol. The summed E-state index contributed by atoms with van der Waals surface area (Å²) in [5.41, 5.74) is 5.78. The van der Waals surface area contributed by atoms with Gasteiger partial charge in [0, 0.05) is 32.4 Å². The first-order chi connectivity index (χ1) is 12.0. The quantitative estimate of drug-likeness (QED) is 0.733. The highest BCUT2D eigenvalue weighted by Gasteiger charge is 2.23. The fourth-order valence-corrected chi connectivity index (χ4v) is 2.45. The van der Waals surface area contributed by atoms with Gasteiger partial charge in [-0.3, -0.25) is 4.79 Å². The minimum Gasteiger partial charge on any atom is -0.465 e. The van der Waals surface area contributed by atoms with E-state index in [0.717, 1.165) is 0 Å². The second-order valence-electron chi connectivity index (χ2n) is 5.39. The highest BCUT2D eigenvalue weighted by molar-refractivity contribution is 6.05. The lowest BCUT2D eigenvalue weighted by molar-refractivity contribution is 0.102. The third kappa shape index (κ3) is 3.74. The van der Waals surface area contributed by atoms with Crippen LogP contribution in [0.3, 0.4) is 0 Å². The highest BCUT2D eigenvalue weighted by atomic mass is 16.4. The van der Waals surface area contributed by atoms with E-state index in [1.807, 2.05) is 4.90 Å². The van der Waals surface area contributed by atoms with Crippen molar-refractivity contribution in [1.82, 2.24) is 19.9 Å². The second kappa shape index (κ2) is 6.99. The lowest BCUT2D eigenvalue weighted by Gasteiger charge is -2.33. The van der Waals surface area contributed by atoms with Crippen molar-refractivity contribution in [1.29, 1.82) is 0 Å².